The number of anilines is 1. The van der Waals surface area contributed by atoms with Crippen molar-refractivity contribution in [1.29, 1.82) is 0 Å². The molecule has 3 heterocycles. The topological polar surface area (TPSA) is 75.0 Å². The first-order chi connectivity index (χ1) is 14.1. The van der Waals surface area contributed by atoms with Crippen molar-refractivity contribution >= 4 is 17.0 Å². The molecule has 0 radical (unpaired) electrons. The molecule has 1 fully saturated rings. The highest BCUT2D eigenvalue weighted by Gasteiger charge is 2.25. The van der Waals surface area contributed by atoms with Gasteiger partial charge in [0.2, 0.25) is 5.95 Å². The first-order valence-corrected chi connectivity index (χ1v) is 10.7. The quantitative estimate of drug-likeness (QED) is 0.637. The van der Waals surface area contributed by atoms with Crippen LogP contribution in [0.2, 0.25) is 0 Å². The molecule has 3 aromatic rings. The monoisotopic (exact) mass is 391 g/mol. The number of nitrogens with zero attached hydrogens (tertiary/aromatic N) is 3. The molecule has 0 bridgehead atoms. The van der Waals surface area contributed by atoms with Crippen LogP contribution in [0, 0.1) is 13.8 Å². The van der Waals surface area contributed by atoms with Crippen LogP contribution < -0.4 is 10.6 Å². The van der Waals surface area contributed by atoms with Gasteiger partial charge in [0.25, 0.3) is 0 Å². The zero-order chi connectivity index (χ0) is 20.0. The molecule has 152 valence electrons. The SMILES string of the molecule is Cc1cccc(-c2c3n(c4nc(NC5CCC(O)CC5)ncc24)CCNC3)c1C. The molecule has 0 unspecified atom stereocenters. The minimum absolute atomic E-state index is 0.151. The van der Waals surface area contributed by atoms with E-state index >= 15 is 0 Å². The maximum absolute atomic E-state index is 9.75. The Morgan fingerprint density at radius 1 is 1.17 bits per heavy atom. The lowest BCUT2D eigenvalue weighted by Gasteiger charge is -2.26. The average Bonchev–Trinajstić information content (AvgIpc) is 3.06. The number of nitrogens with one attached hydrogen (secondary N) is 2. The normalized spacial score (nSPS) is 21.9. The predicted octanol–water partition coefficient (Wildman–Crippen LogP) is 3.53. The fourth-order valence-electron chi connectivity index (χ4n) is 4.79. The van der Waals surface area contributed by atoms with E-state index in [9.17, 15) is 5.11 Å². The number of aromatic nitrogens is 3. The van der Waals surface area contributed by atoms with E-state index < -0.39 is 0 Å². The highest BCUT2D eigenvalue weighted by Crippen LogP contribution is 2.37. The molecular formula is C23H29N5O. The van der Waals surface area contributed by atoms with Gasteiger partial charge < -0.3 is 20.3 Å². The van der Waals surface area contributed by atoms with Crippen LogP contribution in [0.15, 0.2) is 24.4 Å². The van der Waals surface area contributed by atoms with Crippen molar-refractivity contribution in [3.63, 3.8) is 0 Å². The summed E-state index contributed by atoms with van der Waals surface area (Å²) < 4.78 is 2.36. The highest BCUT2D eigenvalue weighted by atomic mass is 16.3. The van der Waals surface area contributed by atoms with Gasteiger partial charge in [-0.25, -0.2) is 4.98 Å². The molecule has 6 heteroatoms. The molecule has 2 aliphatic rings. The third-order valence-corrected chi connectivity index (χ3v) is 6.62. The summed E-state index contributed by atoms with van der Waals surface area (Å²) in [5.41, 5.74) is 7.48. The van der Waals surface area contributed by atoms with E-state index in [0.717, 1.165) is 56.4 Å². The second-order valence-corrected chi connectivity index (χ2v) is 8.48. The van der Waals surface area contributed by atoms with Crippen LogP contribution in [0.5, 0.6) is 0 Å². The molecule has 29 heavy (non-hydrogen) atoms. The van der Waals surface area contributed by atoms with Gasteiger partial charge in [0.05, 0.1) is 6.10 Å². The van der Waals surface area contributed by atoms with Gasteiger partial charge in [0, 0.05) is 48.5 Å². The number of hydrogen-bond donors (Lipinski definition) is 3. The van der Waals surface area contributed by atoms with Gasteiger partial charge in [-0.1, -0.05) is 18.2 Å². The number of hydrogen-bond acceptors (Lipinski definition) is 5. The fourth-order valence-corrected chi connectivity index (χ4v) is 4.79. The summed E-state index contributed by atoms with van der Waals surface area (Å²) in [7, 11) is 0. The first kappa shape index (κ1) is 18.6. The van der Waals surface area contributed by atoms with E-state index in [1.807, 2.05) is 6.20 Å². The number of benzene rings is 1. The summed E-state index contributed by atoms with van der Waals surface area (Å²) in [6.45, 7) is 7.09. The summed E-state index contributed by atoms with van der Waals surface area (Å²) in [6.07, 6.45) is 5.47. The highest BCUT2D eigenvalue weighted by molar-refractivity contribution is 5.97. The molecule has 1 aliphatic heterocycles. The zero-order valence-corrected chi connectivity index (χ0v) is 17.2. The van der Waals surface area contributed by atoms with Crippen LogP contribution in [0.1, 0.15) is 42.5 Å². The Balaban J connectivity index is 1.59. The van der Waals surface area contributed by atoms with Gasteiger partial charge in [-0.2, -0.15) is 4.98 Å². The molecule has 1 aliphatic carbocycles. The molecule has 1 aromatic carbocycles. The summed E-state index contributed by atoms with van der Waals surface area (Å²) in [5.74, 6) is 0.699. The van der Waals surface area contributed by atoms with Crippen LogP contribution in [-0.4, -0.2) is 38.3 Å². The number of fused-ring (bicyclic) bond motifs is 3. The van der Waals surface area contributed by atoms with Crippen molar-refractivity contribution in [2.75, 3.05) is 11.9 Å². The minimum Gasteiger partial charge on any atom is -0.393 e. The van der Waals surface area contributed by atoms with Crippen LogP contribution in [-0.2, 0) is 13.1 Å². The maximum Gasteiger partial charge on any atom is 0.224 e. The lowest BCUT2D eigenvalue weighted by Crippen LogP contribution is -2.29. The number of aliphatic hydroxyl groups is 1. The second-order valence-electron chi connectivity index (χ2n) is 8.48. The molecule has 0 saturated heterocycles. The van der Waals surface area contributed by atoms with Gasteiger partial charge >= 0.3 is 0 Å². The van der Waals surface area contributed by atoms with Gasteiger partial charge in [-0.05, 0) is 56.2 Å². The van der Waals surface area contributed by atoms with E-state index in [-0.39, 0.29) is 6.10 Å². The molecule has 0 atom stereocenters. The number of aryl methyl sites for hydroxylation is 1. The summed E-state index contributed by atoms with van der Waals surface area (Å²) in [4.78, 5) is 9.63. The maximum atomic E-state index is 9.75. The van der Waals surface area contributed by atoms with Crippen molar-refractivity contribution in [2.24, 2.45) is 0 Å². The van der Waals surface area contributed by atoms with Crippen molar-refractivity contribution in [3.8, 4) is 11.1 Å². The summed E-state index contributed by atoms with van der Waals surface area (Å²) in [6, 6.07) is 6.86. The van der Waals surface area contributed by atoms with Crippen LogP contribution in [0.25, 0.3) is 22.2 Å². The van der Waals surface area contributed by atoms with Crippen molar-refractivity contribution in [2.45, 2.75) is 64.8 Å². The van der Waals surface area contributed by atoms with Crippen molar-refractivity contribution in [1.82, 2.24) is 19.9 Å². The Morgan fingerprint density at radius 3 is 2.83 bits per heavy atom. The zero-order valence-electron chi connectivity index (χ0n) is 17.2. The molecule has 2 aromatic heterocycles. The Kier molecular flexibility index (Phi) is 4.76. The smallest absolute Gasteiger partial charge is 0.224 e. The number of rotatable bonds is 3. The van der Waals surface area contributed by atoms with Gasteiger partial charge in [-0.15, -0.1) is 0 Å². The van der Waals surface area contributed by atoms with Crippen LogP contribution >= 0.6 is 0 Å². The third-order valence-electron chi connectivity index (χ3n) is 6.62. The Morgan fingerprint density at radius 2 is 2.00 bits per heavy atom. The molecule has 1 saturated carbocycles. The lowest BCUT2D eigenvalue weighted by atomic mass is 9.93. The molecular weight excluding hydrogens is 362 g/mol. The largest absolute Gasteiger partial charge is 0.393 e. The molecule has 0 spiro atoms. The minimum atomic E-state index is -0.151. The molecule has 3 N–H and O–H groups in total. The molecule has 6 nitrogen and oxygen atoms in total. The Labute approximate surface area is 171 Å². The van der Waals surface area contributed by atoms with E-state index in [1.54, 1.807) is 0 Å². The van der Waals surface area contributed by atoms with Gasteiger partial charge in [-0.3, -0.25) is 0 Å². The van der Waals surface area contributed by atoms with Gasteiger partial charge in [0.15, 0.2) is 0 Å². The average molecular weight is 392 g/mol. The Hall–Kier alpha value is -2.44. The Bertz CT molecular complexity index is 1050. The summed E-state index contributed by atoms with van der Waals surface area (Å²) in [5, 5.41) is 17.9. The van der Waals surface area contributed by atoms with E-state index in [0.29, 0.717) is 12.0 Å². The summed E-state index contributed by atoms with van der Waals surface area (Å²) >= 11 is 0. The molecule has 0 amide bonds. The van der Waals surface area contributed by atoms with Gasteiger partial charge in [0.1, 0.15) is 5.65 Å². The second kappa shape index (κ2) is 7.43. The van der Waals surface area contributed by atoms with E-state index in [2.05, 4.69) is 52.2 Å². The van der Waals surface area contributed by atoms with Crippen molar-refractivity contribution < 1.29 is 5.11 Å². The lowest BCUT2D eigenvalue weighted by molar-refractivity contribution is 0.126. The fraction of sp³-hybridized carbons (Fsp3) is 0.478. The predicted molar refractivity (Wildman–Crippen MR) is 116 cm³/mol. The number of aliphatic hydroxyl groups excluding tert-OH is 1. The first-order valence-electron chi connectivity index (χ1n) is 10.7. The van der Waals surface area contributed by atoms with Crippen LogP contribution in [0.4, 0.5) is 5.95 Å². The third kappa shape index (κ3) is 3.30. The van der Waals surface area contributed by atoms with E-state index in [1.165, 1.54) is 27.9 Å². The standard InChI is InChI=1S/C23H29N5O/c1-14-4-3-5-18(15(14)2)21-19-12-25-23(26-16-6-8-17(29)9-7-16)27-22(19)28-11-10-24-13-20(21)28/h3-5,12,16-17,24,29H,6-11,13H2,1-2H3,(H,25,26,27). The van der Waals surface area contributed by atoms with Crippen LogP contribution in [0.3, 0.4) is 0 Å². The molecule has 5 rings (SSSR count). The van der Waals surface area contributed by atoms with Crippen molar-refractivity contribution in [3.05, 3.63) is 41.2 Å². The van der Waals surface area contributed by atoms with E-state index in [4.69, 9.17) is 4.98 Å².